The standard InChI is InChI=1S/C8H10O/c1-4-6-8(3,9)7-5-2/h1,7,9H,2,6H2,3H3. The lowest BCUT2D eigenvalue weighted by molar-refractivity contribution is 0.118. The molecule has 0 amide bonds. The molecule has 9 heavy (non-hydrogen) atoms. The van der Waals surface area contributed by atoms with Gasteiger partial charge in [-0.05, 0) is 13.0 Å². The van der Waals surface area contributed by atoms with Gasteiger partial charge in [0.25, 0.3) is 0 Å². The molecule has 0 heterocycles. The van der Waals surface area contributed by atoms with E-state index in [4.69, 9.17) is 6.42 Å². The Hall–Kier alpha value is -0.960. The van der Waals surface area contributed by atoms with Crippen molar-refractivity contribution in [1.82, 2.24) is 0 Å². The normalized spacial score (nSPS) is 14.8. The third-order valence-corrected chi connectivity index (χ3v) is 0.873. The van der Waals surface area contributed by atoms with Gasteiger partial charge in [0.15, 0.2) is 0 Å². The number of hydrogen-bond donors (Lipinski definition) is 1. The Morgan fingerprint density at radius 1 is 1.89 bits per heavy atom. The minimum atomic E-state index is -0.934. The summed E-state index contributed by atoms with van der Waals surface area (Å²) in [5, 5.41) is 9.21. The Morgan fingerprint density at radius 2 is 2.44 bits per heavy atom. The molecular weight excluding hydrogens is 112 g/mol. The lowest BCUT2D eigenvalue weighted by atomic mass is 10.0. The van der Waals surface area contributed by atoms with E-state index in [9.17, 15) is 5.11 Å². The maximum atomic E-state index is 9.21. The van der Waals surface area contributed by atoms with Crippen LogP contribution in [0.15, 0.2) is 18.4 Å². The number of aliphatic hydroxyl groups is 1. The van der Waals surface area contributed by atoms with Gasteiger partial charge in [0.05, 0.1) is 5.60 Å². The molecule has 1 heteroatoms. The molecule has 0 aromatic heterocycles. The van der Waals surface area contributed by atoms with E-state index in [0.29, 0.717) is 6.42 Å². The molecule has 0 spiro atoms. The average molecular weight is 122 g/mol. The van der Waals surface area contributed by atoms with E-state index in [1.165, 1.54) is 6.08 Å². The van der Waals surface area contributed by atoms with Crippen molar-refractivity contribution in [2.75, 3.05) is 0 Å². The summed E-state index contributed by atoms with van der Waals surface area (Å²) in [7, 11) is 0. The van der Waals surface area contributed by atoms with E-state index in [0.717, 1.165) is 0 Å². The van der Waals surface area contributed by atoms with Crippen LogP contribution in [0, 0.1) is 12.3 Å². The molecule has 0 saturated heterocycles. The van der Waals surface area contributed by atoms with Gasteiger partial charge in [-0.15, -0.1) is 18.1 Å². The second-order valence-corrected chi connectivity index (χ2v) is 2.09. The first-order valence-electron chi connectivity index (χ1n) is 2.65. The summed E-state index contributed by atoms with van der Waals surface area (Å²) in [5.41, 5.74) is 1.54. The van der Waals surface area contributed by atoms with E-state index in [2.05, 4.69) is 18.2 Å². The van der Waals surface area contributed by atoms with Gasteiger partial charge in [0.2, 0.25) is 0 Å². The van der Waals surface area contributed by atoms with E-state index >= 15 is 0 Å². The maximum Gasteiger partial charge on any atom is 0.0981 e. The van der Waals surface area contributed by atoms with Crippen LogP contribution in [-0.2, 0) is 0 Å². The summed E-state index contributed by atoms with van der Waals surface area (Å²) in [6.45, 7) is 4.94. The summed E-state index contributed by atoms with van der Waals surface area (Å²) >= 11 is 0. The quantitative estimate of drug-likeness (QED) is 0.429. The largest absolute Gasteiger partial charge is 0.384 e. The molecule has 0 radical (unpaired) electrons. The first-order valence-corrected chi connectivity index (χ1v) is 2.65. The van der Waals surface area contributed by atoms with Crippen LogP contribution < -0.4 is 0 Å². The van der Waals surface area contributed by atoms with Crippen LogP contribution in [0.4, 0.5) is 0 Å². The number of terminal acetylenes is 1. The van der Waals surface area contributed by atoms with Crippen molar-refractivity contribution in [3.8, 4) is 12.3 Å². The fourth-order valence-corrected chi connectivity index (χ4v) is 0.478. The zero-order valence-electron chi connectivity index (χ0n) is 5.52. The van der Waals surface area contributed by atoms with Crippen LogP contribution in [0.2, 0.25) is 0 Å². The summed E-state index contributed by atoms with van der Waals surface area (Å²) in [5.74, 6) is 2.34. The molecule has 0 rings (SSSR count). The van der Waals surface area contributed by atoms with Crippen LogP contribution in [-0.4, -0.2) is 10.7 Å². The lowest BCUT2D eigenvalue weighted by Gasteiger charge is -2.12. The van der Waals surface area contributed by atoms with Crippen molar-refractivity contribution in [2.24, 2.45) is 0 Å². The molecule has 0 aliphatic carbocycles. The van der Waals surface area contributed by atoms with Crippen molar-refractivity contribution in [2.45, 2.75) is 18.9 Å². The van der Waals surface area contributed by atoms with Crippen LogP contribution in [0.3, 0.4) is 0 Å². The van der Waals surface area contributed by atoms with Gasteiger partial charge in [-0.25, -0.2) is 0 Å². The van der Waals surface area contributed by atoms with E-state index in [-0.39, 0.29) is 0 Å². The number of hydrogen-bond acceptors (Lipinski definition) is 1. The molecule has 0 aromatic carbocycles. The minimum Gasteiger partial charge on any atom is -0.384 e. The molecule has 0 bridgehead atoms. The lowest BCUT2D eigenvalue weighted by Crippen LogP contribution is -2.18. The second kappa shape index (κ2) is 3.14. The molecule has 0 fully saturated rings. The molecular formula is C8H10O. The van der Waals surface area contributed by atoms with E-state index in [1.54, 1.807) is 6.92 Å². The van der Waals surface area contributed by atoms with Gasteiger partial charge >= 0.3 is 0 Å². The Kier molecular flexibility index (Phi) is 2.81. The third kappa shape index (κ3) is 3.61. The zero-order chi connectivity index (χ0) is 7.33. The molecule has 0 saturated carbocycles. The highest BCUT2D eigenvalue weighted by Crippen LogP contribution is 2.07. The van der Waals surface area contributed by atoms with Crippen LogP contribution >= 0.6 is 0 Å². The van der Waals surface area contributed by atoms with Gasteiger partial charge in [0, 0.05) is 6.42 Å². The summed E-state index contributed by atoms with van der Waals surface area (Å²) in [6.07, 6.45) is 6.72. The van der Waals surface area contributed by atoms with Gasteiger partial charge in [-0.3, -0.25) is 0 Å². The smallest absolute Gasteiger partial charge is 0.0981 e. The molecule has 0 aromatic rings. The first-order chi connectivity index (χ1) is 4.12. The Labute approximate surface area is 55.7 Å². The summed E-state index contributed by atoms with van der Waals surface area (Å²) in [6, 6.07) is 0. The fraction of sp³-hybridized carbons (Fsp3) is 0.375. The van der Waals surface area contributed by atoms with Gasteiger partial charge < -0.3 is 5.11 Å². The van der Waals surface area contributed by atoms with E-state index < -0.39 is 5.60 Å². The fourth-order valence-electron chi connectivity index (χ4n) is 0.478. The molecule has 0 aliphatic rings. The Bertz CT molecular complexity index is 165. The second-order valence-electron chi connectivity index (χ2n) is 2.09. The topological polar surface area (TPSA) is 20.2 Å². The van der Waals surface area contributed by atoms with Crippen molar-refractivity contribution >= 4 is 0 Å². The Morgan fingerprint density at radius 3 is 2.78 bits per heavy atom. The monoisotopic (exact) mass is 122 g/mol. The first kappa shape index (κ1) is 8.04. The predicted molar refractivity (Wildman–Crippen MR) is 37.8 cm³/mol. The predicted octanol–water partition coefficient (Wildman–Crippen LogP) is 1.10. The highest BCUT2D eigenvalue weighted by atomic mass is 16.3. The zero-order valence-corrected chi connectivity index (χ0v) is 5.52. The van der Waals surface area contributed by atoms with Crippen LogP contribution in [0.5, 0.6) is 0 Å². The van der Waals surface area contributed by atoms with Gasteiger partial charge in [-0.1, -0.05) is 6.58 Å². The highest BCUT2D eigenvalue weighted by molar-refractivity contribution is 5.03. The summed E-state index contributed by atoms with van der Waals surface area (Å²) in [4.78, 5) is 0. The minimum absolute atomic E-state index is 0.301. The molecule has 1 N–H and O–H groups in total. The molecule has 1 unspecified atom stereocenters. The van der Waals surface area contributed by atoms with Crippen molar-refractivity contribution < 1.29 is 5.11 Å². The van der Waals surface area contributed by atoms with Gasteiger partial charge in [0.1, 0.15) is 0 Å². The highest BCUT2D eigenvalue weighted by Gasteiger charge is 2.12. The molecule has 1 nitrogen and oxygen atoms in total. The molecule has 48 valence electrons. The van der Waals surface area contributed by atoms with Crippen molar-refractivity contribution in [3.63, 3.8) is 0 Å². The molecule has 0 aliphatic heterocycles. The van der Waals surface area contributed by atoms with Gasteiger partial charge in [-0.2, -0.15) is 0 Å². The van der Waals surface area contributed by atoms with Crippen molar-refractivity contribution in [3.05, 3.63) is 18.4 Å². The molecule has 1 atom stereocenters. The third-order valence-electron chi connectivity index (χ3n) is 0.873. The summed E-state index contributed by atoms with van der Waals surface area (Å²) < 4.78 is 0. The number of rotatable bonds is 2. The maximum absolute atomic E-state index is 9.21. The van der Waals surface area contributed by atoms with Crippen molar-refractivity contribution in [1.29, 1.82) is 0 Å². The van der Waals surface area contributed by atoms with Crippen LogP contribution in [0.25, 0.3) is 0 Å². The average Bonchev–Trinajstić information content (AvgIpc) is 1.64. The Balaban J connectivity index is 4.05. The van der Waals surface area contributed by atoms with Crippen LogP contribution in [0.1, 0.15) is 13.3 Å². The van der Waals surface area contributed by atoms with E-state index in [1.807, 2.05) is 0 Å². The SMILES string of the molecule is C#CCC(C)(O)C=C=C.